The smallest absolute Gasteiger partial charge is 0.251 e. The molecule has 1 aliphatic rings. The van der Waals surface area contributed by atoms with Crippen molar-refractivity contribution in [1.82, 2.24) is 15.3 Å². The van der Waals surface area contributed by atoms with Crippen LogP contribution in [-0.2, 0) is 11.3 Å². The second kappa shape index (κ2) is 7.19. The quantitative estimate of drug-likeness (QED) is 0.928. The van der Waals surface area contributed by atoms with Crippen LogP contribution in [0.4, 0.5) is 5.82 Å². The molecule has 1 aromatic carbocycles. The number of hydrogen-bond acceptors (Lipinski definition) is 5. The number of hydrogen-bond donors (Lipinski definition) is 1. The summed E-state index contributed by atoms with van der Waals surface area (Å²) in [5.74, 6) is 1.39. The number of aryl methyl sites for hydroxylation is 1. The third-order valence-electron chi connectivity index (χ3n) is 3.67. The Bertz CT molecular complexity index is 670. The Balaban J connectivity index is 1.68. The summed E-state index contributed by atoms with van der Waals surface area (Å²) in [7, 11) is 0. The molecule has 1 amide bonds. The summed E-state index contributed by atoms with van der Waals surface area (Å²) >= 11 is 0. The molecule has 6 nitrogen and oxygen atoms in total. The summed E-state index contributed by atoms with van der Waals surface area (Å²) < 4.78 is 5.37. The molecule has 1 aliphatic heterocycles. The predicted octanol–water partition coefficient (Wildman–Crippen LogP) is 1.55. The Morgan fingerprint density at radius 3 is 2.70 bits per heavy atom. The van der Waals surface area contributed by atoms with Crippen LogP contribution in [0.1, 0.15) is 21.9 Å². The van der Waals surface area contributed by atoms with E-state index >= 15 is 0 Å². The molecule has 0 atom stereocenters. The molecule has 120 valence electrons. The molecule has 0 unspecified atom stereocenters. The summed E-state index contributed by atoms with van der Waals surface area (Å²) in [6, 6.07) is 11.1. The zero-order valence-electron chi connectivity index (χ0n) is 13.2. The van der Waals surface area contributed by atoms with Gasteiger partial charge >= 0.3 is 0 Å². The van der Waals surface area contributed by atoms with Gasteiger partial charge in [-0.25, -0.2) is 9.97 Å². The molecule has 2 aromatic rings. The van der Waals surface area contributed by atoms with Crippen molar-refractivity contribution in [2.45, 2.75) is 13.5 Å². The first-order valence-electron chi connectivity index (χ1n) is 7.73. The van der Waals surface area contributed by atoms with Crippen molar-refractivity contribution in [2.75, 3.05) is 31.2 Å². The number of nitrogens with one attached hydrogen (secondary N) is 1. The van der Waals surface area contributed by atoms with Crippen molar-refractivity contribution < 1.29 is 9.53 Å². The van der Waals surface area contributed by atoms with Gasteiger partial charge in [0.15, 0.2) is 0 Å². The van der Waals surface area contributed by atoms with Gasteiger partial charge in [-0.15, -0.1) is 0 Å². The maximum Gasteiger partial charge on any atom is 0.251 e. The Kier molecular flexibility index (Phi) is 4.83. The highest BCUT2D eigenvalue weighted by atomic mass is 16.5. The fraction of sp³-hybridized carbons (Fsp3) is 0.353. The number of carbonyl (C=O) groups excluding carboxylic acids is 1. The van der Waals surface area contributed by atoms with Gasteiger partial charge in [0.05, 0.1) is 19.8 Å². The van der Waals surface area contributed by atoms with E-state index in [1.165, 1.54) is 0 Å². The van der Waals surface area contributed by atoms with Crippen LogP contribution in [0.3, 0.4) is 0 Å². The molecule has 0 aliphatic carbocycles. The first-order valence-corrected chi connectivity index (χ1v) is 7.73. The molecule has 1 saturated heterocycles. The summed E-state index contributed by atoms with van der Waals surface area (Å²) in [4.78, 5) is 23.3. The minimum Gasteiger partial charge on any atom is -0.378 e. The van der Waals surface area contributed by atoms with Gasteiger partial charge in [0.2, 0.25) is 0 Å². The van der Waals surface area contributed by atoms with Crippen molar-refractivity contribution in [3.8, 4) is 0 Å². The van der Waals surface area contributed by atoms with Gasteiger partial charge in [-0.3, -0.25) is 4.79 Å². The Labute approximate surface area is 135 Å². The highest BCUT2D eigenvalue weighted by Crippen LogP contribution is 2.14. The number of ether oxygens (including phenoxy) is 1. The number of aromatic nitrogens is 2. The van der Waals surface area contributed by atoms with Gasteiger partial charge in [-0.2, -0.15) is 0 Å². The second-order valence-electron chi connectivity index (χ2n) is 5.43. The number of morpholine rings is 1. The molecule has 0 bridgehead atoms. The molecule has 6 heteroatoms. The van der Waals surface area contributed by atoms with Gasteiger partial charge in [-0.05, 0) is 19.1 Å². The average molecular weight is 312 g/mol. The first-order chi connectivity index (χ1) is 11.2. The summed E-state index contributed by atoms with van der Waals surface area (Å²) in [6.45, 7) is 5.33. The van der Waals surface area contributed by atoms with Crippen LogP contribution in [0.5, 0.6) is 0 Å². The van der Waals surface area contributed by atoms with E-state index in [2.05, 4.69) is 20.2 Å². The van der Waals surface area contributed by atoms with Crippen LogP contribution in [-0.4, -0.2) is 42.2 Å². The van der Waals surface area contributed by atoms with Gasteiger partial charge in [0.25, 0.3) is 5.91 Å². The van der Waals surface area contributed by atoms with Crippen LogP contribution < -0.4 is 10.2 Å². The third kappa shape index (κ3) is 4.04. The number of amides is 1. The van der Waals surface area contributed by atoms with E-state index in [1.54, 1.807) is 12.1 Å². The van der Waals surface area contributed by atoms with Gasteiger partial charge in [-0.1, -0.05) is 18.2 Å². The van der Waals surface area contributed by atoms with Crippen LogP contribution in [0.25, 0.3) is 0 Å². The van der Waals surface area contributed by atoms with Crippen molar-refractivity contribution >= 4 is 11.7 Å². The monoisotopic (exact) mass is 312 g/mol. The average Bonchev–Trinajstić information content (AvgIpc) is 2.61. The maximum absolute atomic E-state index is 12.1. The molecule has 2 heterocycles. The molecular weight excluding hydrogens is 292 g/mol. The topological polar surface area (TPSA) is 67.3 Å². The molecule has 0 spiro atoms. The van der Waals surface area contributed by atoms with E-state index < -0.39 is 0 Å². The normalized spacial score (nSPS) is 14.6. The second-order valence-corrected chi connectivity index (χ2v) is 5.43. The molecule has 1 aromatic heterocycles. The first kappa shape index (κ1) is 15.4. The molecular formula is C17H20N4O2. The SMILES string of the molecule is Cc1cc(N2CCOCC2)nc(CNC(=O)c2ccccc2)n1. The number of anilines is 1. The lowest BCUT2D eigenvalue weighted by Crippen LogP contribution is -2.37. The third-order valence-corrected chi connectivity index (χ3v) is 3.67. The van der Waals surface area contributed by atoms with Crippen molar-refractivity contribution in [3.63, 3.8) is 0 Å². The highest BCUT2D eigenvalue weighted by Gasteiger charge is 2.14. The number of nitrogens with zero attached hydrogens (tertiary/aromatic N) is 3. The van der Waals surface area contributed by atoms with E-state index in [9.17, 15) is 4.79 Å². The lowest BCUT2D eigenvalue weighted by atomic mass is 10.2. The Morgan fingerprint density at radius 2 is 1.96 bits per heavy atom. The summed E-state index contributed by atoms with van der Waals surface area (Å²) in [6.07, 6.45) is 0. The number of carbonyl (C=O) groups is 1. The molecule has 23 heavy (non-hydrogen) atoms. The Morgan fingerprint density at radius 1 is 1.22 bits per heavy atom. The lowest BCUT2D eigenvalue weighted by molar-refractivity contribution is 0.0950. The standard InChI is InChI=1S/C17H20N4O2/c1-13-11-16(21-7-9-23-10-8-21)20-15(19-13)12-18-17(22)14-5-3-2-4-6-14/h2-6,11H,7-10,12H2,1H3,(H,18,22). The zero-order chi connectivity index (χ0) is 16.1. The number of benzene rings is 1. The zero-order valence-corrected chi connectivity index (χ0v) is 13.2. The van der Waals surface area contributed by atoms with Crippen LogP contribution in [0, 0.1) is 6.92 Å². The van der Waals surface area contributed by atoms with E-state index in [0.717, 1.165) is 24.6 Å². The van der Waals surface area contributed by atoms with Crippen LogP contribution >= 0.6 is 0 Å². The summed E-state index contributed by atoms with van der Waals surface area (Å²) in [5.41, 5.74) is 1.53. The largest absolute Gasteiger partial charge is 0.378 e. The predicted molar refractivity (Wildman–Crippen MR) is 87.4 cm³/mol. The van der Waals surface area contributed by atoms with Crippen molar-refractivity contribution in [1.29, 1.82) is 0 Å². The number of rotatable bonds is 4. The van der Waals surface area contributed by atoms with Crippen LogP contribution in [0.2, 0.25) is 0 Å². The van der Waals surface area contributed by atoms with Crippen molar-refractivity contribution in [3.05, 3.63) is 53.5 Å². The summed E-state index contributed by atoms with van der Waals surface area (Å²) in [5, 5.41) is 2.87. The molecule has 1 fully saturated rings. The van der Waals surface area contributed by atoms with Gasteiger partial charge in [0.1, 0.15) is 11.6 Å². The van der Waals surface area contributed by atoms with E-state index in [-0.39, 0.29) is 5.91 Å². The minimum atomic E-state index is -0.122. The molecule has 0 saturated carbocycles. The highest BCUT2D eigenvalue weighted by molar-refractivity contribution is 5.93. The Hall–Kier alpha value is -2.47. The fourth-order valence-electron chi connectivity index (χ4n) is 2.50. The molecule has 3 rings (SSSR count). The van der Waals surface area contributed by atoms with Gasteiger partial charge in [0, 0.05) is 30.4 Å². The maximum atomic E-state index is 12.1. The van der Waals surface area contributed by atoms with Crippen molar-refractivity contribution in [2.24, 2.45) is 0 Å². The minimum absolute atomic E-state index is 0.122. The fourth-order valence-corrected chi connectivity index (χ4v) is 2.50. The van der Waals surface area contributed by atoms with E-state index in [1.807, 2.05) is 31.2 Å². The molecule has 1 N–H and O–H groups in total. The lowest BCUT2D eigenvalue weighted by Gasteiger charge is -2.28. The van der Waals surface area contributed by atoms with E-state index in [0.29, 0.717) is 31.1 Å². The molecule has 0 radical (unpaired) electrons. The van der Waals surface area contributed by atoms with E-state index in [4.69, 9.17) is 4.74 Å². The van der Waals surface area contributed by atoms with Crippen LogP contribution in [0.15, 0.2) is 36.4 Å². The van der Waals surface area contributed by atoms with Gasteiger partial charge < -0.3 is 15.0 Å².